The molecule has 9 nitrogen and oxygen atoms in total. The Bertz CT molecular complexity index is 1330. The Morgan fingerprint density at radius 3 is 2.76 bits per heavy atom. The van der Waals surface area contributed by atoms with Crippen LogP contribution in [0.5, 0.6) is 0 Å². The molecular formula is C28H34N8O. The molecule has 2 saturated heterocycles. The Morgan fingerprint density at radius 1 is 1.05 bits per heavy atom. The fourth-order valence-electron chi connectivity index (χ4n) is 5.83. The van der Waals surface area contributed by atoms with Crippen LogP contribution in [0.15, 0.2) is 30.6 Å². The molecule has 5 heterocycles. The summed E-state index contributed by atoms with van der Waals surface area (Å²) in [6.45, 7) is 12.5. The molecule has 0 spiro atoms. The lowest BCUT2D eigenvalue weighted by atomic mass is 10.0. The van der Waals surface area contributed by atoms with Crippen LogP contribution in [0.25, 0.3) is 11.0 Å². The van der Waals surface area contributed by atoms with E-state index in [4.69, 9.17) is 14.7 Å². The number of aromatic nitrogens is 3. The molecule has 2 atom stereocenters. The first-order valence-corrected chi connectivity index (χ1v) is 13.3. The van der Waals surface area contributed by atoms with Gasteiger partial charge in [-0.25, -0.2) is 9.97 Å². The average molecular weight is 499 g/mol. The third-order valence-electron chi connectivity index (χ3n) is 7.70. The molecule has 2 aromatic heterocycles. The third-order valence-corrected chi connectivity index (χ3v) is 7.70. The zero-order valence-electron chi connectivity index (χ0n) is 21.7. The van der Waals surface area contributed by atoms with E-state index < -0.39 is 0 Å². The molecule has 3 aliphatic rings. The number of nitrogens with one attached hydrogen (secondary N) is 1. The summed E-state index contributed by atoms with van der Waals surface area (Å²) < 4.78 is 6.39. The summed E-state index contributed by atoms with van der Waals surface area (Å²) in [5.74, 6) is 1.10. The van der Waals surface area contributed by atoms with Crippen molar-refractivity contribution in [3.8, 4) is 6.07 Å². The molecule has 3 aromatic rings. The largest absolute Gasteiger partial charge is 0.370 e. The van der Waals surface area contributed by atoms with Crippen molar-refractivity contribution in [3.63, 3.8) is 0 Å². The molecule has 192 valence electrons. The molecule has 0 aliphatic carbocycles. The van der Waals surface area contributed by atoms with Crippen molar-refractivity contribution >= 4 is 22.5 Å². The van der Waals surface area contributed by atoms with Gasteiger partial charge in [-0.15, -0.1) is 0 Å². The third kappa shape index (κ3) is 4.97. The van der Waals surface area contributed by atoms with Crippen molar-refractivity contribution in [2.24, 2.45) is 0 Å². The smallest absolute Gasteiger partial charge is 0.128 e. The highest BCUT2D eigenvalue weighted by atomic mass is 16.5. The van der Waals surface area contributed by atoms with Gasteiger partial charge in [0.15, 0.2) is 0 Å². The Hall–Kier alpha value is -3.32. The maximum absolute atomic E-state index is 9.55. The number of fused-ring (bicyclic) bond motifs is 2. The Balaban J connectivity index is 1.12. The van der Waals surface area contributed by atoms with E-state index in [2.05, 4.69) is 50.3 Å². The SMILES string of the molecule is Cc1cnc2c(C#N)ccc(N3C[C@H](CN4CCN(c5cc6c(cn5)CCNC6)CC4)O[C@H](C)C3)c2n1. The predicted octanol–water partition coefficient (Wildman–Crippen LogP) is 2.27. The van der Waals surface area contributed by atoms with Crippen molar-refractivity contribution in [2.75, 3.05) is 62.2 Å². The van der Waals surface area contributed by atoms with E-state index in [1.807, 2.05) is 19.1 Å². The summed E-state index contributed by atoms with van der Waals surface area (Å²) in [4.78, 5) is 21.3. The second-order valence-corrected chi connectivity index (χ2v) is 10.5. The predicted molar refractivity (Wildman–Crippen MR) is 144 cm³/mol. The first kappa shape index (κ1) is 24.0. The number of nitrogens with zero attached hydrogens (tertiary/aromatic N) is 7. The summed E-state index contributed by atoms with van der Waals surface area (Å²) in [5.41, 5.74) is 6.68. The lowest BCUT2D eigenvalue weighted by molar-refractivity contribution is -0.0327. The summed E-state index contributed by atoms with van der Waals surface area (Å²) in [6, 6.07) is 8.41. The van der Waals surface area contributed by atoms with Crippen molar-refractivity contribution in [1.29, 1.82) is 5.26 Å². The molecule has 1 N–H and O–H groups in total. The number of nitriles is 1. The molecule has 0 unspecified atom stereocenters. The summed E-state index contributed by atoms with van der Waals surface area (Å²) >= 11 is 0. The number of ether oxygens (including phenoxy) is 1. The van der Waals surface area contributed by atoms with Gasteiger partial charge in [0, 0.05) is 64.8 Å². The minimum absolute atomic E-state index is 0.103. The number of piperazine rings is 1. The fourth-order valence-corrected chi connectivity index (χ4v) is 5.83. The second kappa shape index (κ2) is 10.2. The van der Waals surface area contributed by atoms with Gasteiger partial charge < -0.3 is 19.9 Å². The number of morpholine rings is 1. The van der Waals surface area contributed by atoms with E-state index >= 15 is 0 Å². The van der Waals surface area contributed by atoms with Crippen LogP contribution in [0.4, 0.5) is 11.5 Å². The number of hydrogen-bond donors (Lipinski definition) is 1. The molecule has 1 aromatic carbocycles. The van der Waals surface area contributed by atoms with E-state index in [0.29, 0.717) is 11.1 Å². The molecule has 0 bridgehead atoms. The van der Waals surface area contributed by atoms with Gasteiger partial charge in [0.2, 0.25) is 0 Å². The minimum Gasteiger partial charge on any atom is -0.370 e. The van der Waals surface area contributed by atoms with E-state index in [-0.39, 0.29) is 12.2 Å². The maximum Gasteiger partial charge on any atom is 0.128 e. The maximum atomic E-state index is 9.55. The zero-order chi connectivity index (χ0) is 25.4. The molecule has 3 aliphatic heterocycles. The van der Waals surface area contributed by atoms with Crippen LogP contribution in [0.3, 0.4) is 0 Å². The van der Waals surface area contributed by atoms with E-state index in [9.17, 15) is 5.26 Å². The molecule has 0 saturated carbocycles. The highest BCUT2D eigenvalue weighted by molar-refractivity contribution is 5.92. The topological polar surface area (TPSA) is 93.4 Å². The highest BCUT2D eigenvalue weighted by Crippen LogP contribution is 2.30. The van der Waals surface area contributed by atoms with Crippen LogP contribution in [0.1, 0.15) is 29.3 Å². The van der Waals surface area contributed by atoms with Crippen molar-refractivity contribution in [3.05, 3.63) is 53.0 Å². The molecule has 0 amide bonds. The van der Waals surface area contributed by atoms with E-state index in [0.717, 1.165) is 88.0 Å². The number of aryl methyl sites for hydroxylation is 1. The van der Waals surface area contributed by atoms with Crippen LogP contribution < -0.4 is 15.1 Å². The van der Waals surface area contributed by atoms with Crippen molar-refractivity contribution in [2.45, 2.75) is 39.0 Å². The van der Waals surface area contributed by atoms with E-state index in [1.165, 1.54) is 11.1 Å². The standard InChI is InChI=1S/C28H34N8O/c1-19-13-32-27-21(12-29)3-4-25(28(27)33-19)36-16-20(2)37-24(18-36)17-34-7-9-35(10-8-34)26-11-23-14-30-6-5-22(23)15-31-26/h3-4,11,13,15,20,24,30H,5-10,14,16-18H2,1-2H3/t20-,24+/m1/s1. The number of hydrogen-bond acceptors (Lipinski definition) is 9. The van der Waals surface area contributed by atoms with Gasteiger partial charge in [-0.05, 0) is 56.1 Å². The summed E-state index contributed by atoms with van der Waals surface area (Å²) in [7, 11) is 0. The van der Waals surface area contributed by atoms with Crippen LogP contribution >= 0.6 is 0 Å². The first-order chi connectivity index (χ1) is 18.1. The first-order valence-electron chi connectivity index (χ1n) is 13.3. The Labute approximate surface area is 218 Å². The van der Waals surface area contributed by atoms with Gasteiger partial charge >= 0.3 is 0 Å². The summed E-state index contributed by atoms with van der Waals surface area (Å²) in [6.07, 6.45) is 5.08. The Kier molecular flexibility index (Phi) is 6.63. The number of anilines is 2. The normalized spacial score (nSPS) is 22.6. The number of benzene rings is 1. The van der Waals surface area contributed by atoms with Gasteiger partial charge in [-0.1, -0.05) is 0 Å². The molecule has 9 heteroatoms. The van der Waals surface area contributed by atoms with Crippen LogP contribution in [0, 0.1) is 18.3 Å². The number of rotatable bonds is 4. The summed E-state index contributed by atoms with van der Waals surface area (Å²) in [5, 5.41) is 13.0. The van der Waals surface area contributed by atoms with Crippen LogP contribution in [-0.2, 0) is 17.7 Å². The zero-order valence-corrected chi connectivity index (χ0v) is 21.7. The lowest BCUT2D eigenvalue weighted by Crippen LogP contribution is -2.54. The second-order valence-electron chi connectivity index (χ2n) is 10.5. The van der Waals surface area contributed by atoms with Gasteiger partial charge in [0.25, 0.3) is 0 Å². The molecule has 6 rings (SSSR count). The van der Waals surface area contributed by atoms with Gasteiger partial charge in [0.1, 0.15) is 22.9 Å². The monoisotopic (exact) mass is 498 g/mol. The van der Waals surface area contributed by atoms with Crippen LogP contribution in [0.2, 0.25) is 0 Å². The molecule has 0 radical (unpaired) electrons. The van der Waals surface area contributed by atoms with Gasteiger partial charge in [-0.2, -0.15) is 5.26 Å². The molecule has 2 fully saturated rings. The Morgan fingerprint density at radius 2 is 1.92 bits per heavy atom. The quantitative estimate of drug-likeness (QED) is 0.581. The average Bonchev–Trinajstić information content (AvgIpc) is 2.92. The minimum atomic E-state index is 0.103. The van der Waals surface area contributed by atoms with Crippen molar-refractivity contribution in [1.82, 2.24) is 25.2 Å². The number of pyridine rings is 1. The molecule has 37 heavy (non-hydrogen) atoms. The van der Waals surface area contributed by atoms with Crippen molar-refractivity contribution < 1.29 is 4.74 Å². The highest BCUT2D eigenvalue weighted by Gasteiger charge is 2.30. The molecular weight excluding hydrogens is 464 g/mol. The van der Waals surface area contributed by atoms with Gasteiger partial charge in [0.05, 0.1) is 29.2 Å². The lowest BCUT2D eigenvalue weighted by Gasteiger charge is -2.42. The van der Waals surface area contributed by atoms with E-state index in [1.54, 1.807) is 6.20 Å². The fraction of sp³-hybridized carbons (Fsp3) is 0.500. The van der Waals surface area contributed by atoms with Crippen LogP contribution in [-0.4, -0.2) is 84.4 Å². The van der Waals surface area contributed by atoms with Gasteiger partial charge in [-0.3, -0.25) is 9.88 Å².